The Bertz CT molecular complexity index is 465. The van der Waals surface area contributed by atoms with Crippen LogP contribution in [0.1, 0.15) is 18.1 Å². The van der Waals surface area contributed by atoms with Crippen LogP contribution >= 0.6 is 15.9 Å². The summed E-state index contributed by atoms with van der Waals surface area (Å²) < 4.78 is 11.4. The van der Waals surface area contributed by atoms with Crippen molar-refractivity contribution in [2.45, 2.75) is 26.6 Å². The minimum atomic E-state index is -0.642. The molecule has 0 saturated heterocycles. The molecule has 1 aromatic rings. The van der Waals surface area contributed by atoms with E-state index in [9.17, 15) is 9.90 Å². The van der Waals surface area contributed by atoms with Crippen molar-refractivity contribution in [3.8, 4) is 5.75 Å². The Morgan fingerprint density at radius 1 is 1.50 bits per heavy atom. The largest absolute Gasteiger partial charge is 0.480 e. The Kier molecular flexibility index (Phi) is 6.98. The Morgan fingerprint density at radius 3 is 2.80 bits per heavy atom. The van der Waals surface area contributed by atoms with Crippen molar-refractivity contribution in [3.05, 3.63) is 27.7 Å². The fraction of sp³-hybridized carbons (Fsp3) is 0.500. The quantitative estimate of drug-likeness (QED) is 0.739. The molecule has 0 bridgehead atoms. The molecule has 1 unspecified atom stereocenters. The summed E-state index contributed by atoms with van der Waals surface area (Å²) in [4.78, 5) is 11.8. The van der Waals surface area contributed by atoms with Gasteiger partial charge in [-0.05, 0) is 31.5 Å². The van der Waals surface area contributed by atoms with Crippen LogP contribution in [-0.2, 0) is 16.1 Å². The van der Waals surface area contributed by atoms with Crippen LogP contribution in [0.25, 0.3) is 0 Å². The SMILES string of the molecule is COCCNC(=O)C(C)Oc1c(C)cc(Br)cc1CO. The molecule has 0 fully saturated rings. The maximum absolute atomic E-state index is 11.8. The third kappa shape index (κ3) is 4.77. The van der Waals surface area contributed by atoms with Crippen LogP contribution in [-0.4, -0.2) is 37.4 Å². The normalized spacial score (nSPS) is 12.1. The van der Waals surface area contributed by atoms with E-state index < -0.39 is 6.10 Å². The van der Waals surface area contributed by atoms with Gasteiger partial charge in [0.1, 0.15) is 5.75 Å². The molecular weight excluding hydrogens is 326 g/mol. The number of methoxy groups -OCH3 is 1. The molecule has 0 saturated carbocycles. The van der Waals surface area contributed by atoms with E-state index in [4.69, 9.17) is 9.47 Å². The third-order valence-electron chi connectivity index (χ3n) is 2.76. The predicted octanol–water partition coefficient (Wildman–Crippen LogP) is 1.78. The molecule has 112 valence electrons. The number of aliphatic hydroxyl groups is 1. The van der Waals surface area contributed by atoms with E-state index in [-0.39, 0.29) is 12.5 Å². The van der Waals surface area contributed by atoms with Crippen molar-refractivity contribution >= 4 is 21.8 Å². The first-order valence-corrected chi connectivity index (χ1v) is 7.12. The highest BCUT2D eigenvalue weighted by atomic mass is 79.9. The van der Waals surface area contributed by atoms with E-state index >= 15 is 0 Å². The van der Waals surface area contributed by atoms with E-state index in [1.807, 2.05) is 13.0 Å². The Labute approximate surface area is 127 Å². The number of aryl methyl sites for hydroxylation is 1. The highest BCUT2D eigenvalue weighted by molar-refractivity contribution is 9.10. The number of amides is 1. The number of carbonyl (C=O) groups excluding carboxylic acids is 1. The van der Waals surface area contributed by atoms with Gasteiger partial charge in [0.15, 0.2) is 6.10 Å². The van der Waals surface area contributed by atoms with Gasteiger partial charge < -0.3 is 19.9 Å². The van der Waals surface area contributed by atoms with Crippen molar-refractivity contribution in [1.29, 1.82) is 0 Å². The van der Waals surface area contributed by atoms with E-state index in [2.05, 4.69) is 21.2 Å². The summed E-state index contributed by atoms with van der Waals surface area (Å²) in [5, 5.41) is 12.1. The van der Waals surface area contributed by atoms with E-state index in [1.54, 1.807) is 20.1 Å². The molecule has 1 amide bonds. The summed E-state index contributed by atoms with van der Waals surface area (Å²) >= 11 is 3.37. The molecule has 0 aliphatic rings. The lowest BCUT2D eigenvalue weighted by Crippen LogP contribution is -2.38. The lowest BCUT2D eigenvalue weighted by molar-refractivity contribution is -0.127. The van der Waals surface area contributed by atoms with Gasteiger partial charge in [-0.2, -0.15) is 0 Å². The average Bonchev–Trinajstić information content (AvgIpc) is 2.41. The van der Waals surface area contributed by atoms with Crippen LogP contribution in [0.4, 0.5) is 0 Å². The molecule has 0 aliphatic carbocycles. The Hall–Kier alpha value is -1.11. The Balaban J connectivity index is 2.74. The number of hydrogen-bond acceptors (Lipinski definition) is 4. The molecule has 1 aromatic carbocycles. The molecule has 5 nitrogen and oxygen atoms in total. The van der Waals surface area contributed by atoms with Crippen LogP contribution in [0.3, 0.4) is 0 Å². The molecule has 0 heterocycles. The minimum Gasteiger partial charge on any atom is -0.480 e. The highest BCUT2D eigenvalue weighted by Gasteiger charge is 2.17. The van der Waals surface area contributed by atoms with Gasteiger partial charge in [-0.25, -0.2) is 0 Å². The molecule has 1 atom stereocenters. The lowest BCUT2D eigenvalue weighted by atomic mass is 10.1. The summed E-state index contributed by atoms with van der Waals surface area (Å²) in [6, 6.07) is 3.65. The molecule has 20 heavy (non-hydrogen) atoms. The van der Waals surface area contributed by atoms with Gasteiger partial charge in [-0.1, -0.05) is 15.9 Å². The summed E-state index contributed by atoms with van der Waals surface area (Å²) in [6.45, 7) is 4.29. The molecular formula is C14H20BrNO4. The average molecular weight is 346 g/mol. The molecule has 1 rings (SSSR count). The van der Waals surface area contributed by atoms with Gasteiger partial charge in [0, 0.05) is 23.7 Å². The van der Waals surface area contributed by atoms with Crippen molar-refractivity contribution in [3.63, 3.8) is 0 Å². The van der Waals surface area contributed by atoms with Gasteiger partial charge in [0.05, 0.1) is 13.2 Å². The molecule has 0 aromatic heterocycles. The van der Waals surface area contributed by atoms with Crippen molar-refractivity contribution < 1.29 is 19.4 Å². The lowest BCUT2D eigenvalue weighted by Gasteiger charge is -2.19. The van der Waals surface area contributed by atoms with E-state index in [0.717, 1.165) is 10.0 Å². The smallest absolute Gasteiger partial charge is 0.260 e. The topological polar surface area (TPSA) is 67.8 Å². The summed E-state index contributed by atoms with van der Waals surface area (Å²) in [7, 11) is 1.57. The monoisotopic (exact) mass is 345 g/mol. The third-order valence-corrected chi connectivity index (χ3v) is 3.21. The molecule has 2 N–H and O–H groups in total. The zero-order valence-electron chi connectivity index (χ0n) is 11.9. The second kappa shape index (κ2) is 8.24. The molecule has 0 radical (unpaired) electrons. The molecule has 6 heteroatoms. The van der Waals surface area contributed by atoms with Crippen molar-refractivity contribution in [2.75, 3.05) is 20.3 Å². The first-order valence-electron chi connectivity index (χ1n) is 6.32. The van der Waals surface area contributed by atoms with Crippen LogP contribution in [0, 0.1) is 6.92 Å². The van der Waals surface area contributed by atoms with Gasteiger partial charge in [0.2, 0.25) is 0 Å². The van der Waals surface area contributed by atoms with E-state index in [1.165, 1.54) is 0 Å². The first-order chi connectivity index (χ1) is 9.49. The van der Waals surface area contributed by atoms with Crippen molar-refractivity contribution in [1.82, 2.24) is 5.32 Å². The van der Waals surface area contributed by atoms with Gasteiger partial charge in [0.25, 0.3) is 5.91 Å². The number of ether oxygens (including phenoxy) is 2. The number of halogens is 1. The van der Waals surface area contributed by atoms with Gasteiger partial charge in [-0.3, -0.25) is 4.79 Å². The van der Waals surface area contributed by atoms with Crippen LogP contribution < -0.4 is 10.1 Å². The van der Waals surface area contributed by atoms with Crippen LogP contribution in [0.2, 0.25) is 0 Å². The second-order valence-electron chi connectivity index (χ2n) is 4.41. The molecule has 0 spiro atoms. The second-order valence-corrected chi connectivity index (χ2v) is 5.33. The van der Waals surface area contributed by atoms with E-state index in [0.29, 0.717) is 24.5 Å². The summed E-state index contributed by atoms with van der Waals surface area (Å²) in [5.74, 6) is 0.332. The predicted molar refractivity (Wildman–Crippen MR) is 79.8 cm³/mol. The summed E-state index contributed by atoms with van der Waals surface area (Å²) in [5.41, 5.74) is 1.51. The first kappa shape index (κ1) is 16.9. The fourth-order valence-electron chi connectivity index (χ4n) is 1.74. The maximum atomic E-state index is 11.8. The number of hydrogen-bond donors (Lipinski definition) is 2. The zero-order chi connectivity index (χ0) is 15.1. The van der Waals surface area contributed by atoms with Crippen LogP contribution in [0.15, 0.2) is 16.6 Å². The fourth-order valence-corrected chi connectivity index (χ4v) is 2.36. The van der Waals surface area contributed by atoms with Gasteiger partial charge in [-0.15, -0.1) is 0 Å². The minimum absolute atomic E-state index is 0.145. The number of nitrogens with one attached hydrogen (secondary N) is 1. The van der Waals surface area contributed by atoms with Crippen LogP contribution in [0.5, 0.6) is 5.75 Å². The standard InChI is InChI=1S/C14H20BrNO4/c1-9-6-12(15)7-11(8-17)13(9)20-10(2)14(18)16-4-5-19-3/h6-7,10,17H,4-5,8H2,1-3H3,(H,16,18). The van der Waals surface area contributed by atoms with Crippen molar-refractivity contribution in [2.24, 2.45) is 0 Å². The zero-order valence-corrected chi connectivity index (χ0v) is 13.5. The summed E-state index contributed by atoms with van der Waals surface area (Å²) in [6.07, 6.45) is -0.642. The number of rotatable bonds is 7. The number of benzene rings is 1. The molecule has 0 aliphatic heterocycles. The maximum Gasteiger partial charge on any atom is 0.260 e. The highest BCUT2D eigenvalue weighted by Crippen LogP contribution is 2.29. The van der Waals surface area contributed by atoms with Gasteiger partial charge >= 0.3 is 0 Å². The Morgan fingerprint density at radius 2 is 2.20 bits per heavy atom. The number of aliphatic hydroxyl groups excluding tert-OH is 1. The number of carbonyl (C=O) groups is 1.